The minimum atomic E-state index is -1.73. The summed E-state index contributed by atoms with van der Waals surface area (Å²) in [6, 6.07) is 5.43. The number of aromatic hydroxyl groups is 2. The van der Waals surface area contributed by atoms with Crippen molar-refractivity contribution in [2.75, 3.05) is 7.11 Å². The summed E-state index contributed by atoms with van der Waals surface area (Å²) < 4.78 is 41.9. The first-order valence-electron chi connectivity index (χ1n) is 19.9. The lowest BCUT2D eigenvalue weighted by Gasteiger charge is -2.45. The minimum absolute atomic E-state index is 0.00995. The number of aliphatic hydroxyl groups is 2. The van der Waals surface area contributed by atoms with Crippen molar-refractivity contribution in [2.24, 2.45) is 0 Å². The predicted octanol–water partition coefficient (Wildman–Crippen LogP) is 4.64. The molecule has 2 aromatic rings. The largest absolute Gasteiger partial charge is 0.507 e. The van der Waals surface area contributed by atoms with Crippen LogP contribution >= 0.6 is 0 Å². The standard InChI is InChI=1S/C40H48O15.C2H6/c1-6-40(48)16-27(32-21(34(40)39(47)49-5)14-22-33(37(32)46)36(45)31-20(35(22)44)8-7-9-24(31)42)54-28-13-11-26(18(3)51-28)53-30-15-25(43)38(19(4)52-30)55-29-12-10-23(41)17(2)50-29;1-2/h7-9,14,17-19,25-30,34,38,42-43,46,48H,6,10-13,15-16H2,1-5H3;1-2H3/t17?,18?,19?,25?,26?,27?,28?,29?,30?,34-,38?,40+;/m0./s1. The van der Waals surface area contributed by atoms with Crippen LogP contribution in [0.4, 0.5) is 0 Å². The van der Waals surface area contributed by atoms with Gasteiger partial charge >= 0.3 is 5.97 Å². The molecule has 15 nitrogen and oxygen atoms in total. The van der Waals surface area contributed by atoms with Crippen LogP contribution in [0.25, 0.3) is 0 Å². The van der Waals surface area contributed by atoms with Crippen molar-refractivity contribution >= 4 is 23.3 Å². The first kappa shape index (κ1) is 42.8. The fraction of sp³-hybridized carbons (Fsp3) is 0.619. The van der Waals surface area contributed by atoms with E-state index in [1.165, 1.54) is 31.4 Å². The highest BCUT2D eigenvalue weighted by Crippen LogP contribution is 2.54. The molecule has 3 heterocycles. The van der Waals surface area contributed by atoms with Crippen LogP contribution in [0.3, 0.4) is 0 Å². The molecular weight excluding hydrogens is 744 g/mol. The number of ketones is 3. The molecular formula is C42H54O15. The molecule has 0 saturated carbocycles. The topological polar surface area (TPSA) is 214 Å². The van der Waals surface area contributed by atoms with Crippen LogP contribution in [0.2, 0.25) is 0 Å². The lowest BCUT2D eigenvalue weighted by molar-refractivity contribution is -0.317. The average molecular weight is 799 g/mol. The zero-order valence-corrected chi connectivity index (χ0v) is 33.4. The van der Waals surface area contributed by atoms with Crippen LogP contribution in [-0.4, -0.2) is 112 Å². The number of carbonyl (C=O) groups excluding carboxylic acids is 4. The van der Waals surface area contributed by atoms with E-state index in [1.54, 1.807) is 27.7 Å². The number of aliphatic hydroxyl groups excluding tert-OH is 1. The van der Waals surface area contributed by atoms with Gasteiger partial charge in [-0.1, -0.05) is 32.9 Å². The highest BCUT2D eigenvalue weighted by molar-refractivity contribution is 6.30. The molecule has 3 aliphatic heterocycles. The van der Waals surface area contributed by atoms with Crippen molar-refractivity contribution in [1.82, 2.24) is 0 Å². The van der Waals surface area contributed by atoms with E-state index in [4.69, 9.17) is 33.2 Å². The van der Waals surface area contributed by atoms with Crippen LogP contribution in [-0.2, 0) is 42.7 Å². The lowest BCUT2D eigenvalue weighted by Crippen LogP contribution is -2.53. The zero-order valence-electron chi connectivity index (χ0n) is 33.4. The highest BCUT2D eigenvalue weighted by Gasteiger charge is 2.53. The van der Waals surface area contributed by atoms with Gasteiger partial charge in [0.05, 0.1) is 54.4 Å². The third kappa shape index (κ3) is 8.00. The maximum absolute atomic E-state index is 13.8. The van der Waals surface area contributed by atoms with Gasteiger partial charge in [-0.05, 0) is 51.3 Å². The van der Waals surface area contributed by atoms with Gasteiger partial charge in [0, 0.05) is 48.8 Å². The minimum Gasteiger partial charge on any atom is -0.507 e. The van der Waals surface area contributed by atoms with Gasteiger partial charge in [-0.15, -0.1) is 0 Å². The maximum Gasteiger partial charge on any atom is 0.316 e. The van der Waals surface area contributed by atoms with Crippen molar-refractivity contribution in [1.29, 1.82) is 0 Å². The molecule has 10 unspecified atom stereocenters. The molecule has 3 saturated heterocycles. The molecule has 0 amide bonds. The van der Waals surface area contributed by atoms with Gasteiger partial charge in [0.25, 0.3) is 0 Å². The second-order valence-electron chi connectivity index (χ2n) is 15.2. The van der Waals surface area contributed by atoms with E-state index in [1.807, 2.05) is 13.8 Å². The van der Waals surface area contributed by atoms with Gasteiger partial charge in [0.2, 0.25) is 5.78 Å². The molecule has 3 fully saturated rings. The molecule has 4 N–H and O–H groups in total. The normalized spacial score (nSPS) is 35.0. The summed E-state index contributed by atoms with van der Waals surface area (Å²) in [5.74, 6) is -4.54. The zero-order chi connectivity index (χ0) is 41.5. The molecule has 0 aromatic heterocycles. The summed E-state index contributed by atoms with van der Waals surface area (Å²) in [7, 11) is 1.17. The van der Waals surface area contributed by atoms with E-state index in [-0.39, 0.29) is 58.4 Å². The van der Waals surface area contributed by atoms with Crippen LogP contribution in [0.5, 0.6) is 11.5 Å². The summed E-state index contributed by atoms with van der Waals surface area (Å²) in [6.07, 6.45) is -5.57. The first-order chi connectivity index (χ1) is 27.1. The number of benzene rings is 2. The second-order valence-corrected chi connectivity index (χ2v) is 15.2. The quantitative estimate of drug-likeness (QED) is 0.229. The number of hydrogen-bond donors (Lipinski definition) is 4. The summed E-state index contributed by atoms with van der Waals surface area (Å²) in [6.45, 7) is 10.9. The van der Waals surface area contributed by atoms with E-state index in [9.17, 15) is 39.6 Å². The number of ether oxygens (including phenoxy) is 7. The number of methoxy groups -OCH3 is 1. The van der Waals surface area contributed by atoms with Gasteiger partial charge in [-0.2, -0.15) is 0 Å². The molecule has 15 heteroatoms. The van der Waals surface area contributed by atoms with Crippen LogP contribution in [0.15, 0.2) is 24.3 Å². The predicted molar refractivity (Wildman–Crippen MR) is 200 cm³/mol. The van der Waals surface area contributed by atoms with Gasteiger partial charge in [-0.3, -0.25) is 19.2 Å². The number of carbonyl (C=O) groups is 4. The first-order valence-corrected chi connectivity index (χ1v) is 19.9. The molecule has 2 aromatic carbocycles. The Labute approximate surface area is 331 Å². The second kappa shape index (κ2) is 17.2. The molecule has 2 aliphatic carbocycles. The monoisotopic (exact) mass is 798 g/mol. The average Bonchev–Trinajstić information content (AvgIpc) is 3.18. The smallest absolute Gasteiger partial charge is 0.316 e. The van der Waals surface area contributed by atoms with Crippen LogP contribution < -0.4 is 0 Å². The molecule has 312 valence electrons. The number of esters is 1. The Kier molecular flexibility index (Phi) is 12.9. The third-order valence-electron chi connectivity index (χ3n) is 11.7. The van der Waals surface area contributed by atoms with Crippen molar-refractivity contribution in [3.63, 3.8) is 0 Å². The fourth-order valence-electron chi connectivity index (χ4n) is 8.69. The summed E-state index contributed by atoms with van der Waals surface area (Å²) in [5.41, 5.74) is -2.42. The Bertz CT molecular complexity index is 1850. The van der Waals surface area contributed by atoms with Crippen molar-refractivity contribution < 1.29 is 72.8 Å². The summed E-state index contributed by atoms with van der Waals surface area (Å²) in [4.78, 5) is 52.7. The Morgan fingerprint density at radius 2 is 1.58 bits per heavy atom. The van der Waals surface area contributed by atoms with Gasteiger partial charge in [0.1, 0.15) is 29.6 Å². The summed E-state index contributed by atoms with van der Waals surface area (Å²) in [5, 5.41) is 45.4. The third-order valence-corrected chi connectivity index (χ3v) is 11.7. The molecule has 57 heavy (non-hydrogen) atoms. The van der Waals surface area contributed by atoms with Gasteiger partial charge in [-0.25, -0.2) is 0 Å². The Balaban J connectivity index is 0.00000270. The molecule has 12 atom stereocenters. The lowest BCUT2D eigenvalue weighted by atomic mass is 9.67. The van der Waals surface area contributed by atoms with Crippen LogP contribution in [0.1, 0.15) is 141 Å². The number of fused-ring (bicyclic) bond motifs is 3. The molecule has 0 spiro atoms. The van der Waals surface area contributed by atoms with E-state index in [2.05, 4.69) is 0 Å². The van der Waals surface area contributed by atoms with Gasteiger partial charge < -0.3 is 53.6 Å². The van der Waals surface area contributed by atoms with Crippen molar-refractivity contribution in [2.45, 2.75) is 160 Å². The summed E-state index contributed by atoms with van der Waals surface area (Å²) >= 11 is 0. The van der Waals surface area contributed by atoms with Crippen LogP contribution in [0, 0.1) is 0 Å². The van der Waals surface area contributed by atoms with E-state index in [0.717, 1.165) is 0 Å². The Morgan fingerprint density at radius 3 is 2.23 bits per heavy atom. The van der Waals surface area contributed by atoms with E-state index in [0.29, 0.717) is 25.7 Å². The molecule has 7 rings (SSSR count). The molecule has 0 radical (unpaired) electrons. The van der Waals surface area contributed by atoms with Crippen molar-refractivity contribution in [3.8, 4) is 11.5 Å². The number of hydrogen-bond acceptors (Lipinski definition) is 15. The molecule has 5 aliphatic rings. The number of Topliss-reactive ketones (excluding diaryl/α,β-unsaturated/α-hetero) is 1. The van der Waals surface area contributed by atoms with Crippen molar-refractivity contribution in [3.05, 3.63) is 57.6 Å². The van der Waals surface area contributed by atoms with Gasteiger partial charge in [0.15, 0.2) is 30.4 Å². The fourth-order valence-corrected chi connectivity index (χ4v) is 8.69. The van der Waals surface area contributed by atoms with E-state index >= 15 is 0 Å². The SMILES string of the molecule is CC.CC[C@@]1(O)CC(OC2CCC(OC3CC(O)C(OC4CCC(=O)C(C)O4)C(C)O3)C(C)O2)c2c(cc3c(c2O)C(=O)c2c(O)cccc2C3=O)[C@H]1C(=O)OC. The number of phenols is 2. The Morgan fingerprint density at radius 1 is 0.877 bits per heavy atom. The Hall–Kier alpha value is -3.80. The van der Waals surface area contributed by atoms with E-state index < -0.39 is 102 Å². The highest BCUT2D eigenvalue weighted by atomic mass is 16.7. The maximum atomic E-state index is 13.8. The number of phenolic OH excluding ortho intramolecular Hbond substituents is 2. The number of rotatable bonds is 8. The molecule has 0 bridgehead atoms.